The van der Waals surface area contributed by atoms with Crippen LogP contribution in [0.15, 0.2) is 48.5 Å². The molecule has 0 aliphatic heterocycles. The Balaban J connectivity index is 1.94. The van der Waals surface area contributed by atoms with Crippen molar-refractivity contribution in [3.63, 3.8) is 0 Å². The predicted octanol–water partition coefficient (Wildman–Crippen LogP) is 3.12. The Kier molecular flexibility index (Phi) is 4.64. The summed E-state index contributed by atoms with van der Waals surface area (Å²) < 4.78 is 0. The number of hydrogen-bond acceptors (Lipinski definition) is 2. The minimum absolute atomic E-state index is 0.0738. The van der Waals surface area contributed by atoms with E-state index in [9.17, 15) is 4.79 Å². The van der Waals surface area contributed by atoms with Crippen LogP contribution >= 0.6 is 11.6 Å². The number of carbonyl (C=O) groups excluding carboxylic acids is 1. The van der Waals surface area contributed by atoms with E-state index in [1.54, 1.807) is 11.9 Å². The molecule has 0 unspecified atom stereocenters. The molecule has 0 bridgehead atoms. The molecular weight excluding hydrogens is 272 g/mol. The summed E-state index contributed by atoms with van der Waals surface area (Å²) in [6, 6.07) is 14.9. The number of amides is 1. The number of nitrogens with zero attached hydrogens (tertiary/aromatic N) is 1. The number of anilines is 1. The van der Waals surface area contributed by atoms with Crippen LogP contribution < -0.4 is 5.73 Å². The van der Waals surface area contributed by atoms with E-state index in [-0.39, 0.29) is 5.91 Å². The molecule has 0 spiro atoms. The molecule has 104 valence electrons. The van der Waals surface area contributed by atoms with Crippen LogP contribution in [-0.2, 0) is 17.8 Å². The average Bonchev–Trinajstić information content (AvgIpc) is 2.44. The van der Waals surface area contributed by atoms with Crippen LogP contribution in [0.2, 0.25) is 5.02 Å². The summed E-state index contributed by atoms with van der Waals surface area (Å²) in [5.41, 5.74) is 8.35. The van der Waals surface area contributed by atoms with Crippen molar-refractivity contribution in [2.45, 2.75) is 13.0 Å². The number of nitrogens with two attached hydrogens (primary N) is 1. The molecule has 0 fully saturated rings. The van der Waals surface area contributed by atoms with Gasteiger partial charge in [0.25, 0.3) is 0 Å². The number of hydrogen-bond donors (Lipinski definition) is 1. The van der Waals surface area contributed by atoms with Gasteiger partial charge in [-0.05, 0) is 35.4 Å². The maximum atomic E-state index is 12.1. The first-order valence-electron chi connectivity index (χ1n) is 6.37. The van der Waals surface area contributed by atoms with E-state index >= 15 is 0 Å². The molecule has 0 aliphatic carbocycles. The van der Waals surface area contributed by atoms with Crippen LogP contribution in [0.5, 0.6) is 0 Å². The van der Waals surface area contributed by atoms with Crippen molar-refractivity contribution in [1.82, 2.24) is 4.90 Å². The van der Waals surface area contributed by atoms with E-state index < -0.39 is 0 Å². The Morgan fingerprint density at radius 2 is 1.60 bits per heavy atom. The van der Waals surface area contributed by atoms with Gasteiger partial charge in [-0.3, -0.25) is 4.79 Å². The molecule has 0 atom stereocenters. The fourth-order valence-corrected chi connectivity index (χ4v) is 2.02. The largest absolute Gasteiger partial charge is 0.399 e. The minimum Gasteiger partial charge on any atom is -0.399 e. The van der Waals surface area contributed by atoms with Gasteiger partial charge in [-0.25, -0.2) is 0 Å². The maximum Gasteiger partial charge on any atom is 0.227 e. The lowest BCUT2D eigenvalue weighted by molar-refractivity contribution is -0.129. The molecule has 0 aromatic heterocycles. The Bertz CT molecular complexity index is 578. The van der Waals surface area contributed by atoms with Crippen molar-refractivity contribution in [3.8, 4) is 0 Å². The van der Waals surface area contributed by atoms with Gasteiger partial charge in [-0.1, -0.05) is 35.9 Å². The van der Waals surface area contributed by atoms with Gasteiger partial charge in [0.2, 0.25) is 5.91 Å². The molecule has 0 heterocycles. The molecule has 2 rings (SSSR count). The third kappa shape index (κ3) is 4.00. The van der Waals surface area contributed by atoms with Crippen molar-refractivity contribution in [2.24, 2.45) is 0 Å². The van der Waals surface area contributed by atoms with Gasteiger partial charge in [0, 0.05) is 24.3 Å². The molecule has 0 saturated heterocycles. The first kappa shape index (κ1) is 14.4. The molecule has 0 aliphatic rings. The fourth-order valence-electron chi connectivity index (χ4n) is 1.90. The first-order valence-corrected chi connectivity index (χ1v) is 6.75. The lowest BCUT2D eigenvalue weighted by Gasteiger charge is -2.17. The predicted molar refractivity (Wildman–Crippen MR) is 82.5 cm³/mol. The SMILES string of the molecule is CN(Cc1ccc(Cl)cc1)C(=O)Cc1ccc(N)cc1. The molecular formula is C16H17ClN2O. The van der Waals surface area contributed by atoms with E-state index in [1.807, 2.05) is 48.5 Å². The van der Waals surface area contributed by atoms with Crippen molar-refractivity contribution in [3.05, 3.63) is 64.7 Å². The molecule has 0 radical (unpaired) electrons. The number of halogens is 1. The van der Waals surface area contributed by atoms with E-state index in [0.29, 0.717) is 23.7 Å². The highest BCUT2D eigenvalue weighted by atomic mass is 35.5. The second-order valence-corrected chi connectivity index (χ2v) is 5.23. The Hall–Kier alpha value is -2.00. The molecule has 20 heavy (non-hydrogen) atoms. The zero-order chi connectivity index (χ0) is 14.5. The molecule has 1 amide bonds. The summed E-state index contributed by atoms with van der Waals surface area (Å²) in [5.74, 6) is 0.0738. The number of benzene rings is 2. The smallest absolute Gasteiger partial charge is 0.227 e. The maximum absolute atomic E-state index is 12.1. The highest BCUT2D eigenvalue weighted by molar-refractivity contribution is 6.30. The van der Waals surface area contributed by atoms with Crippen molar-refractivity contribution < 1.29 is 4.79 Å². The van der Waals surface area contributed by atoms with Crippen LogP contribution in [0.25, 0.3) is 0 Å². The Morgan fingerprint density at radius 1 is 1.05 bits per heavy atom. The van der Waals surface area contributed by atoms with Gasteiger partial charge >= 0.3 is 0 Å². The molecule has 0 saturated carbocycles. The Labute approximate surface area is 124 Å². The summed E-state index contributed by atoms with van der Waals surface area (Å²) in [5, 5.41) is 0.699. The van der Waals surface area contributed by atoms with Gasteiger partial charge < -0.3 is 10.6 Å². The highest BCUT2D eigenvalue weighted by Gasteiger charge is 2.10. The zero-order valence-electron chi connectivity index (χ0n) is 11.3. The summed E-state index contributed by atoms with van der Waals surface area (Å²) in [6.45, 7) is 0.574. The summed E-state index contributed by atoms with van der Waals surface area (Å²) >= 11 is 5.84. The lowest BCUT2D eigenvalue weighted by Crippen LogP contribution is -2.27. The summed E-state index contributed by atoms with van der Waals surface area (Å²) in [7, 11) is 1.80. The highest BCUT2D eigenvalue weighted by Crippen LogP contribution is 2.12. The second kappa shape index (κ2) is 6.44. The molecule has 4 heteroatoms. The van der Waals surface area contributed by atoms with E-state index in [0.717, 1.165) is 11.1 Å². The van der Waals surface area contributed by atoms with E-state index in [4.69, 9.17) is 17.3 Å². The zero-order valence-corrected chi connectivity index (χ0v) is 12.1. The topological polar surface area (TPSA) is 46.3 Å². The summed E-state index contributed by atoms with van der Waals surface area (Å²) in [4.78, 5) is 13.8. The van der Waals surface area contributed by atoms with Crippen LogP contribution in [0.1, 0.15) is 11.1 Å². The number of rotatable bonds is 4. The first-order chi connectivity index (χ1) is 9.54. The van der Waals surface area contributed by atoms with Crippen molar-refractivity contribution >= 4 is 23.2 Å². The number of likely N-dealkylation sites (N-methyl/N-ethyl adjacent to an activating group) is 1. The number of nitrogen functional groups attached to an aromatic ring is 1. The lowest BCUT2D eigenvalue weighted by atomic mass is 10.1. The van der Waals surface area contributed by atoms with E-state index in [1.165, 1.54) is 0 Å². The minimum atomic E-state index is 0.0738. The summed E-state index contributed by atoms with van der Waals surface area (Å²) in [6.07, 6.45) is 0.379. The van der Waals surface area contributed by atoms with Gasteiger partial charge in [0.05, 0.1) is 6.42 Å². The Morgan fingerprint density at radius 3 is 2.20 bits per heavy atom. The quantitative estimate of drug-likeness (QED) is 0.879. The average molecular weight is 289 g/mol. The third-order valence-corrected chi connectivity index (χ3v) is 3.35. The number of carbonyl (C=O) groups is 1. The molecule has 2 aromatic rings. The molecule has 3 nitrogen and oxygen atoms in total. The van der Waals surface area contributed by atoms with Gasteiger partial charge in [-0.2, -0.15) is 0 Å². The normalized spacial score (nSPS) is 10.3. The standard InChI is InChI=1S/C16H17ClN2O/c1-19(11-13-2-6-14(17)7-3-13)16(20)10-12-4-8-15(18)9-5-12/h2-9H,10-11,18H2,1H3. The third-order valence-electron chi connectivity index (χ3n) is 3.09. The van der Waals surface area contributed by atoms with Crippen LogP contribution in [0.3, 0.4) is 0 Å². The van der Waals surface area contributed by atoms with Crippen LogP contribution in [0, 0.1) is 0 Å². The van der Waals surface area contributed by atoms with Gasteiger partial charge in [0.1, 0.15) is 0 Å². The van der Waals surface area contributed by atoms with Gasteiger partial charge in [0.15, 0.2) is 0 Å². The monoisotopic (exact) mass is 288 g/mol. The molecule has 2 N–H and O–H groups in total. The fraction of sp³-hybridized carbons (Fsp3) is 0.188. The van der Waals surface area contributed by atoms with Gasteiger partial charge in [-0.15, -0.1) is 0 Å². The van der Waals surface area contributed by atoms with Crippen molar-refractivity contribution in [1.29, 1.82) is 0 Å². The van der Waals surface area contributed by atoms with Crippen LogP contribution in [0.4, 0.5) is 5.69 Å². The second-order valence-electron chi connectivity index (χ2n) is 4.79. The van der Waals surface area contributed by atoms with Crippen LogP contribution in [-0.4, -0.2) is 17.9 Å². The van der Waals surface area contributed by atoms with Crippen molar-refractivity contribution in [2.75, 3.05) is 12.8 Å². The van der Waals surface area contributed by atoms with E-state index in [2.05, 4.69) is 0 Å². The molecule has 2 aromatic carbocycles.